The third kappa shape index (κ3) is 18.0. The Morgan fingerprint density at radius 1 is 0.513 bits per heavy atom. The zero-order chi connectivity index (χ0) is 28.6. The van der Waals surface area contributed by atoms with Crippen LogP contribution in [0.15, 0.2) is 0 Å². The lowest BCUT2D eigenvalue weighted by Crippen LogP contribution is -2.59. The molecule has 0 aliphatic carbocycles. The molecular formula is C33H66O6. The number of ether oxygens (including phenoxy) is 2. The predicted molar refractivity (Wildman–Crippen MR) is 161 cm³/mol. The summed E-state index contributed by atoms with van der Waals surface area (Å²) in [6.45, 7) is 4.10. The van der Waals surface area contributed by atoms with Crippen LogP contribution in [0, 0.1) is 0 Å². The Morgan fingerprint density at radius 2 is 0.872 bits per heavy atom. The van der Waals surface area contributed by atoms with Gasteiger partial charge in [-0.25, -0.2) is 0 Å². The van der Waals surface area contributed by atoms with E-state index in [0.29, 0.717) is 0 Å². The quantitative estimate of drug-likeness (QED) is 0.0776. The van der Waals surface area contributed by atoms with Gasteiger partial charge in [0.15, 0.2) is 6.29 Å². The summed E-state index contributed by atoms with van der Waals surface area (Å²) in [6.07, 6.45) is 24.4. The van der Waals surface area contributed by atoms with E-state index in [1.54, 1.807) is 0 Å². The van der Waals surface area contributed by atoms with E-state index in [0.717, 1.165) is 25.7 Å². The normalized spacial score (nSPS) is 24.3. The maximum absolute atomic E-state index is 10.4. The van der Waals surface area contributed by atoms with Crippen molar-refractivity contribution >= 4 is 0 Å². The Bertz CT molecular complexity index is 516. The SMILES string of the molecule is CCCCCCCCCCCCCC[C@@H](CCCCCCCCCCCC)OC1OC(CO)C(O)C(O)C1O. The molecule has 6 nitrogen and oxygen atoms in total. The molecule has 1 fully saturated rings. The van der Waals surface area contributed by atoms with E-state index in [4.69, 9.17) is 9.47 Å². The zero-order valence-corrected chi connectivity index (χ0v) is 25.7. The van der Waals surface area contributed by atoms with Crippen molar-refractivity contribution < 1.29 is 29.9 Å². The lowest BCUT2D eigenvalue weighted by Gasteiger charge is -2.41. The van der Waals surface area contributed by atoms with Crippen LogP contribution in [-0.4, -0.2) is 63.8 Å². The fourth-order valence-corrected chi connectivity index (χ4v) is 5.72. The number of unbranched alkanes of at least 4 members (excludes halogenated alkanes) is 20. The highest BCUT2D eigenvalue weighted by Crippen LogP contribution is 2.26. The third-order valence-corrected chi connectivity index (χ3v) is 8.43. The van der Waals surface area contributed by atoms with Gasteiger partial charge in [0.05, 0.1) is 12.7 Å². The smallest absolute Gasteiger partial charge is 0.186 e. The molecule has 0 aromatic carbocycles. The largest absolute Gasteiger partial charge is 0.394 e. The van der Waals surface area contributed by atoms with E-state index in [2.05, 4.69) is 13.8 Å². The summed E-state index contributed by atoms with van der Waals surface area (Å²) in [4.78, 5) is 0. The molecule has 6 heteroatoms. The molecule has 0 amide bonds. The van der Waals surface area contributed by atoms with Gasteiger partial charge in [0.2, 0.25) is 0 Å². The van der Waals surface area contributed by atoms with Gasteiger partial charge in [-0.05, 0) is 12.8 Å². The van der Waals surface area contributed by atoms with Crippen molar-refractivity contribution in [3.63, 3.8) is 0 Å². The van der Waals surface area contributed by atoms with Gasteiger partial charge < -0.3 is 29.9 Å². The number of aliphatic hydroxyl groups excluding tert-OH is 4. The highest BCUT2D eigenvalue weighted by Gasteiger charge is 2.44. The molecule has 1 heterocycles. The minimum atomic E-state index is -1.38. The van der Waals surface area contributed by atoms with Crippen LogP contribution in [0.4, 0.5) is 0 Å². The summed E-state index contributed by atoms with van der Waals surface area (Å²) in [5.74, 6) is 0. The average Bonchev–Trinajstić information content (AvgIpc) is 2.94. The first kappa shape index (κ1) is 36.8. The van der Waals surface area contributed by atoms with Crippen molar-refractivity contribution in [2.45, 2.75) is 205 Å². The van der Waals surface area contributed by atoms with Crippen LogP contribution in [0.2, 0.25) is 0 Å². The highest BCUT2D eigenvalue weighted by atomic mass is 16.7. The predicted octanol–water partition coefficient (Wildman–Crippen LogP) is 7.57. The van der Waals surface area contributed by atoms with Crippen molar-refractivity contribution in [3.8, 4) is 0 Å². The van der Waals surface area contributed by atoms with E-state index in [-0.39, 0.29) is 6.10 Å². The van der Waals surface area contributed by atoms with Crippen LogP contribution >= 0.6 is 0 Å². The fourth-order valence-electron chi connectivity index (χ4n) is 5.72. The van der Waals surface area contributed by atoms with Crippen LogP contribution in [-0.2, 0) is 9.47 Å². The molecule has 6 atom stereocenters. The Labute approximate surface area is 241 Å². The van der Waals surface area contributed by atoms with E-state index >= 15 is 0 Å². The molecule has 5 unspecified atom stereocenters. The van der Waals surface area contributed by atoms with E-state index in [1.807, 2.05) is 0 Å². The van der Waals surface area contributed by atoms with Gasteiger partial charge >= 0.3 is 0 Å². The van der Waals surface area contributed by atoms with Crippen LogP contribution in [0.25, 0.3) is 0 Å². The van der Waals surface area contributed by atoms with Crippen LogP contribution in [0.5, 0.6) is 0 Å². The minimum Gasteiger partial charge on any atom is -0.394 e. The van der Waals surface area contributed by atoms with Gasteiger partial charge in [0.1, 0.15) is 24.4 Å². The van der Waals surface area contributed by atoms with Gasteiger partial charge in [-0.3, -0.25) is 0 Å². The maximum atomic E-state index is 10.4. The second kappa shape index (κ2) is 25.5. The van der Waals surface area contributed by atoms with Crippen molar-refractivity contribution in [1.29, 1.82) is 0 Å². The molecule has 1 rings (SSSR count). The summed E-state index contributed by atoms with van der Waals surface area (Å²) in [5, 5.41) is 40.2. The first-order valence-electron chi connectivity index (χ1n) is 17.0. The lowest BCUT2D eigenvalue weighted by atomic mass is 9.98. The number of hydrogen-bond donors (Lipinski definition) is 4. The third-order valence-electron chi connectivity index (χ3n) is 8.43. The Kier molecular flexibility index (Phi) is 24.0. The monoisotopic (exact) mass is 558 g/mol. The minimum absolute atomic E-state index is 0.0522. The molecular weight excluding hydrogens is 492 g/mol. The first-order chi connectivity index (χ1) is 19.0. The zero-order valence-electron chi connectivity index (χ0n) is 25.7. The van der Waals surface area contributed by atoms with Crippen LogP contribution in [0.1, 0.15) is 168 Å². The summed E-state index contributed by atoms with van der Waals surface area (Å²) in [6, 6.07) is 0. The molecule has 1 aliphatic heterocycles. The van der Waals surface area contributed by atoms with E-state index in [1.165, 1.54) is 128 Å². The molecule has 4 N–H and O–H groups in total. The van der Waals surface area contributed by atoms with Crippen molar-refractivity contribution in [1.82, 2.24) is 0 Å². The number of aliphatic hydroxyl groups is 4. The van der Waals surface area contributed by atoms with Gasteiger partial charge in [0, 0.05) is 0 Å². The summed E-state index contributed by atoms with van der Waals surface area (Å²) in [5.41, 5.74) is 0. The van der Waals surface area contributed by atoms with Gasteiger partial charge in [-0.15, -0.1) is 0 Å². The lowest BCUT2D eigenvalue weighted by molar-refractivity contribution is -0.312. The number of hydrogen-bond acceptors (Lipinski definition) is 6. The van der Waals surface area contributed by atoms with Gasteiger partial charge in [-0.2, -0.15) is 0 Å². The molecule has 1 aliphatic rings. The highest BCUT2D eigenvalue weighted by molar-refractivity contribution is 4.89. The topological polar surface area (TPSA) is 99.4 Å². The van der Waals surface area contributed by atoms with Crippen molar-refractivity contribution in [2.75, 3.05) is 6.61 Å². The molecule has 0 spiro atoms. The molecule has 0 radical (unpaired) electrons. The second-order valence-corrected chi connectivity index (χ2v) is 12.1. The summed E-state index contributed by atoms with van der Waals surface area (Å²) >= 11 is 0. The van der Waals surface area contributed by atoms with E-state index < -0.39 is 37.3 Å². The van der Waals surface area contributed by atoms with Crippen LogP contribution in [0.3, 0.4) is 0 Å². The molecule has 0 bridgehead atoms. The molecule has 1 saturated heterocycles. The Balaban J connectivity index is 2.32. The molecule has 39 heavy (non-hydrogen) atoms. The van der Waals surface area contributed by atoms with Gasteiger partial charge in [0.25, 0.3) is 0 Å². The van der Waals surface area contributed by atoms with E-state index in [9.17, 15) is 20.4 Å². The van der Waals surface area contributed by atoms with Crippen molar-refractivity contribution in [3.05, 3.63) is 0 Å². The fraction of sp³-hybridized carbons (Fsp3) is 1.00. The Hall–Kier alpha value is -0.240. The molecule has 0 aromatic rings. The second-order valence-electron chi connectivity index (χ2n) is 12.1. The summed E-state index contributed by atoms with van der Waals surface area (Å²) < 4.78 is 11.8. The average molecular weight is 559 g/mol. The first-order valence-corrected chi connectivity index (χ1v) is 17.0. The molecule has 234 valence electrons. The summed E-state index contributed by atoms with van der Waals surface area (Å²) in [7, 11) is 0. The molecule has 0 aromatic heterocycles. The Morgan fingerprint density at radius 3 is 1.23 bits per heavy atom. The van der Waals surface area contributed by atoms with Gasteiger partial charge in [-0.1, -0.05) is 155 Å². The standard InChI is InChI=1S/C33H66O6/c1-3-5-7-9-11-13-15-16-18-20-22-24-26-28(25-23-21-19-17-14-12-10-8-6-4-2)38-33-32(37)31(36)30(35)29(27-34)39-33/h28-37H,3-27H2,1-2H3/t28-,29?,30?,31?,32?,33?/m1/s1. The maximum Gasteiger partial charge on any atom is 0.186 e. The molecule has 0 saturated carbocycles. The van der Waals surface area contributed by atoms with Crippen LogP contribution < -0.4 is 0 Å². The number of rotatable bonds is 27. The van der Waals surface area contributed by atoms with Crippen molar-refractivity contribution in [2.24, 2.45) is 0 Å².